The number of carbonyl (C=O) groups excluding carboxylic acids is 2. The van der Waals surface area contributed by atoms with Gasteiger partial charge in [-0.25, -0.2) is 0 Å². The second-order valence-corrected chi connectivity index (χ2v) is 8.38. The number of rotatable bonds is 7. The van der Waals surface area contributed by atoms with Gasteiger partial charge in [-0.2, -0.15) is 4.98 Å². The summed E-state index contributed by atoms with van der Waals surface area (Å²) in [5.74, 6) is -0.616. The molecule has 28 heavy (non-hydrogen) atoms. The standard InChI is InChI=1S/C19H30N4O5/c1-19(2,3)18-20-14(28-21-18)8-5-9-15(24)22(4)12-16(25)23-10-6-7-13(11-23)17(26)27/h13H,5-12H2,1-4H3,(H,26,27). The average Bonchev–Trinajstić information content (AvgIpc) is 3.11. The van der Waals surface area contributed by atoms with Crippen molar-refractivity contribution in [1.82, 2.24) is 19.9 Å². The maximum absolute atomic E-state index is 12.4. The van der Waals surface area contributed by atoms with Gasteiger partial charge >= 0.3 is 5.97 Å². The average molecular weight is 394 g/mol. The Hall–Kier alpha value is -2.45. The van der Waals surface area contributed by atoms with Crippen LogP contribution >= 0.6 is 0 Å². The summed E-state index contributed by atoms with van der Waals surface area (Å²) < 4.78 is 5.21. The first-order valence-corrected chi connectivity index (χ1v) is 9.65. The number of aryl methyl sites for hydroxylation is 1. The molecule has 0 radical (unpaired) electrons. The van der Waals surface area contributed by atoms with Gasteiger partial charge in [0, 0.05) is 38.4 Å². The molecule has 1 N–H and O–H groups in total. The summed E-state index contributed by atoms with van der Waals surface area (Å²) in [5.41, 5.74) is -0.188. The SMILES string of the molecule is CN(CC(=O)N1CCCC(C(=O)O)C1)C(=O)CCCc1nc(C(C)(C)C)no1. The lowest BCUT2D eigenvalue weighted by Gasteiger charge is -2.32. The van der Waals surface area contributed by atoms with Gasteiger partial charge < -0.3 is 19.4 Å². The molecule has 1 aromatic rings. The quantitative estimate of drug-likeness (QED) is 0.744. The summed E-state index contributed by atoms with van der Waals surface area (Å²) >= 11 is 0. The highest BCUT2D eigenvalue weighted by Gasteiger charge is 2.29. The predicted molar refractivity (Wildman–Crippen MR) is 101 cm³/mol. The number of carboxylic acids is 1. The van der Waals surface area contributed by atoms with Gasteiger partial charge in [-0.15, -0.1) is 0 Å². The number of amides is 2. The topological polar surface area (TPSA) is 117 Å². The second kappa shape index (κ2) is 9.16. The molecule has 0 aliphatic carbocycles. The van der Waals surface area contributed by atoms with E-state index in [0.717, 1.165) is 0 Å². The molecule has 1 atom stereocenters. The normalized spacial score (nSPS) is 17.4. The van der Waals surface area contributed by atoms with Crippen LogP contribution < -0.4 is 0 Å². The fourth-order valence-corrected chi connectivity index (χ4v) is 3.04. The molecule has 9 heteroatoms. The molecule has 0 bridgehead atoms. The van der Waals surface area contributed by atoms with Gasteiger partial charge in [-0.05, 0) is 19.3 Å². The number of likely N-dealkylation sites (tertiary alicyclic amines) is 1. The Morgan fingerprint density at radius 3 is 2.64 bits per heavy atom. The first-order valence-electron chi connectivity index (χ1n) is 9.65. The minimum Gasteiger partial charge on any atom is -0.481 e. The maximum Gasteiger partial charge on any atom is 0.308 e. The van der Waals surface area contributed by atoms with Gasteiger partial charge in [0.25, 0.3) is 0 Å². The first kappa shape index (κ1) is 21.8. The third-order valence-electron chi connectivity index (χ3n) is 4.84. The lowest BCUT2D eigenvalue weighted by Crippen LogP contribution is -2.46. The molecule has 0 saturated carbocycles. The van der Waals surface area contributed by atoms with Crippen LogP contribution in [0.1, 0.15) is 58.2 Å². The van der Waals surface area contributed by atoms with E-state index in [2.05, 4.69) is 10.1 Å². The van der Waals surface area contributed by atoms with Crippen molar-refractivity contribution in [2.75, 3.05) is 26.7 Å². The molecule has 1 unspecified atom stereocenters. The maximum atomic E-state index is 12.4. The number of hydrogen-bond acceptors (Lipinski definition) is 6. The number of aliphatic carboxylic acids is 1. The Balaban J connectivity index is 1.75. The summed E-state index contributed by atoms with van der Waals surface area (Å²) in [6.07, 6.45) is 2.58. The van der Waals surface area contributed by atoms with Gasteiger partial charge in [0.05, 0.1) is 12.5 Å². The minimum absolute atomic E-state index is 0.0418. The minimum atomic E-state index is -0.877. The van der Waals surface area contributed by atoms with Crippen molar-refractivity contribution < 1.29 is 24.0 Å². The molecule has 1 aromatic heterocycles. The van der Waals surface area contributed by atoms with Crippen LogP contribution in [-0.2, 0) is 26.2 Å². The molecule has 1 fully saturated rings. The van der Waals surface area contributed by atoms with Crippen LogP contribution in [0.3, 0.4) is 0 Å². The number of aromatic nitrogens is 2. The van der Waals surface area contributed by atoms with Gasteiger partial charge in [0.2, 0.25) is 17.7 Å². The zero-order chi connectivity index (χ0) is 20.9. The fraction of sp³-hybridized carbons (Fsp3) is 0.737. The third kappa shape index (κ3) is 6.03. The number of carboxylic acid groups (broad SMARTS) is 1. The van der Waals surface area contributed by atoms with Crippen LogP contribution in [-0.4, -0.2) is 69.5 Å². The first-order chi connectivity index (χ1) is 13.1. The highest BCUT2D eigenvalue weighted by atomic mass is 16.5. The zero-order valence-corrected chi connectivity index (χ0v) is 17.1. The molecule has 0 spiro atoms. The van der Waals surface area contributed by atoms with Gasteiger partial charge in [-0.3, -0.25) is 14.4 Å². The highest BCUT2D eigenvalue weighted by Crippen LogP contribution is 2.19. The Morgan fingerprint density at radius 2 is 2.04 bits per heavy atom. The smallest absolute Gasteiger partial charge is 0.308 e. The van der Waals surface area contributed by atoms with Crippen LogP contribution in [0.25, 0.3) is 0 Å². The van der Waals surface area contributed by atoms with E-state index in [4.69, 9.17) is 9.63 Å². The predicted octanol–water partition coefficient (Wildman–Crippen LogP) is 1.47. The molecule has 2 heterocycles. The Kier molecular flexibility index (Phi) is 7.15. The van der Waals surface area contributed by atoms with E-state index < -0.39 is 11.9 Å². The monoisotopic (exact) mass is 394 g/mol. The van der Waals surface area contributed by atoms with Crippen molar-refractivity contribution in [3.63, 3.8) is 0 Å². The molecule has 2 rings (SSSR count). The van der Waals surface area contributed by atoms with E-state index in [1.165, 1.54) is 4.90 Å². The van der Waals surface area contributed by atoms with Crippen LogP contribution in [0.15, 0.2) is 4.52 Å². The summed E-state index contributed by atoms with van der Waals surface area (Å²) in [7, 11) is 1.59. The zero-order valence-electron chi connectivity index (χ0n) is 17.1. The van der Waals surface area contributed by atoms with Gasteiger partial charge in [0.1, 0.15) is 0 Å². The largest absolute Gasteiger partial charge is 0.481 e. The molecule has 1 saturated heterocycles. The molecule has 2 amide bonds. The van der Waals surface area contributed by atoms with Crippen molar-refractivity contribution in [3.05, 3.63) is 11.7 Å². The second-order valence-electron chi connectivity index (χ2n) is 8.38. The van der Waals surface area contributed by atoms with E-state index in [1.54, 1.807) is 11.9 Å². The molecular weight excluding hydrogens is 364 g/mol. The molecule has 0 aromatic carbocycles. The van der Waals surface area contributed by atoms with Crippen LogP contribution in [0.4, 0.5) is 0 Å². The van der Waals surface area contributed by atoms with Crippen LogP contribution in [0.2, 0.25) is 0 Å². The number of hydrogen-bond donors (Lipinski definition) is 1. The van der Waals surface area contributed by atoms with Crippen molar-refractivity contribution in [2.24, 2.45) is 5.92 Å². The van der Waals surface area contributed by atoms with Crippen molar-refractivity contribution in [3.8, 4) is 0 Å². The Labute approximate surface area is 165 Å². The fourth-order valence-electron chi connectivity index (χ4n) is 3.04. The number of likely N-dealkylation sites (N-methyl/N-ethyl adjacent to an activating group) is 1. The van der Waals surface area contributed by atoms with Crippen molar-refractivity contribution >= 4 is 17.8 Å². The van der Waals surface area contributed by atoms with Crippen LogP contribution in [0.5, 0.6) is 0 Å². The van der Waals surface area contributed by atoms with E-state index in [-0.39, 0.29) is 36.7 Å². The van der Waals surface area contributed by atoms with E-state index in [0.29, 0.717) is 43.9 Å². The number of carbonyl (C=O) groups is 3. The molecule has 1 aliphatic heterocycles. The Bertz CT molecular complexity index is 709. The summed E-state index contributed by atoms with van der Waals surface area (Å²) in [6, 6.07) is 0. The van der Waals surface area contributed by atoms with E-state index >= 15 is 0 Å². The third-order valence-corrected chi connectivity index (χ3v) is 4.84. The van der Waals surface area contributed by atoms with E-state index in [9.17, 15) is 14.4 Å². The molecule has 1 aliphatic rings. The van der Waals surface area contributed by atoms with Crippen molar-refractivity contribution in [2.45, 2.75) is 58.3 Å². The summed E-state index contributed by atoms with van der Waals surface area (Å²) in [6.45, 7) is 6.70. The lowest BCUT2D eigenvalue weighted by atomic mass is 9.96. The molecule has 9 nitrogen and oxygen atoms in total. The number of nitrogens with zero attached hydrogens (tertiary/aromatic N) is 4. The molecule has 156 valence electrons. The molecular formula is C19H30N4O5. The van der Waals surface area contributed by atoms with Gasteiger partial charge in [0.15, 0.2) is 5.82 Å². The van der Waals surface area contributed by atoms with Gasteiger partial charge in [-0.1, -0.05) is 25.9 Å². The van der Waals surface area contributed by atoms with Crippen molar-refractivity contribution in [1.29, 1.82) is 0 Å². The summed E-state index contributed by atoms with van der Waals surface area (Å²) in [4.78, 5) is 43.1. The van der Waals surface area contributed by atoms with E-state index in [1.807, 2.05) is 20.8 Å². The van der Waals surface area contributed by atoms with Crippen LogP contribution in [0, 0.1) is 5.92 Å². The lowest BCUT2D eigenvalue weighted by molar-refractivity contribution is -0.147. The summed E-state index contributed by atoms with van der Waals surface area (Å²) in [5, 5.41) is 13.1. The number of piperidine rings is 1. The highest BCUT2D eigenvalue weighted by molar-refractivity contribution is 5.85. The Morgan fingerprint density at radius 1 is 1.32 bits per heavy atom.